The first-order chi connectivity index (χ1) is 8.06. The minimum absolute atomic E-state index is 0.225. The Morgan fingerprint density at radius 1 is 1.24 bits per heavy atom. The summed E-state index contributed by atoms with van der Waals surface area (Å²) in [6.45, 7) is 0. The van der Waals surface area contributed by atoms with Crippen LogP contribution < -0.4 is 5.73 Å². The van der Waals surface area contributed by atoms with Gasteiger partial charge in [0.05, 0.1) is 8.67 Å². The number of halogens is 3. The third-order valence-electron chi connectivity index (χ3n) is 2.45. The molecule has 1 unspecified atom stereocenters. The van der Waals surface area contributed by atoms with Crippen molar-refractivity contribution in [2.45, 2.75) is 12.5 Å². The van der Waals surface area contributed by atoms with E-state index in [0.717, 1.165) is 11.1 Å². The first-order valence-corrected chi connectivity index (χ1v) is 6.58. The van der Waals surface area contributed by atoms with Crippen LogP contribution in [0.5, 0.6) is 0 Å². The summed E-state index contributed by atoms with van der Waals surface area (Å²) in [5.74, 6) is -0.251. The molecule has 5 heteroatoms. The largest absolute Gasteiger partial charge is 0.324 e. The minimum atomic E-state index is -0.251. The molecule has 1 aromatic heterocycles. The van der Waals surface area contributed by atoms with E-state index in [0.29, 0.717) is 15.1 Å². The lowest BCUT2D eigenvalue weighted by atomic mass is 10.0. The molecular weight excluding hydrogens is 280 g/mol. The highest BCUT2D eigenvalue weighted by Gasteiger charge is 2.14. The van der Waals surface area contributed by atoms with Gasteiger partial charge in [-0.15, -0.1) is 11.3 Å². The Morgan fingerprint density at radius 3 is 2.41 bits per heavy atom. The lowest BCUT2D eigenvalue weighted by Gasteiger charge is -2.10. The van der Waals surface area contributed by atoms with Gasteiger partial charge in [0.2, 0.25) is 0 Å². The molecule has 0 fully saturated rings. The number of rotatable bonds is 3. The number of hydrogen-bond donors (Lipinski definition) is 1. The lowest BCUT2D eigenvalue weighted by molar-refractivity contribution is 0.625. The van der Waals surface area contributed by atoms with Gasteiger partial charge in [0.25, 0.3) is 0 Å². The molecule has 0 aliphatic heterocycles. The summed E-state index contributed by atoms with van der Waals surface area (Å²) >= 11 is 13.2. The first kappa shape index (κ1) is 12.8. The van der Waals surface area contributed by atoms with Gasteiger partial charge in [-0.3, -0.25) is 0 Å². The normalized spacial score (nSPS) is 12.7. The van der Waals surface area contributed by atoms with E-state index in [1.54, 1.807) is 18.2 Å². The molecule has 1 nitrogen and oxygen atoms in total. The summed E-state index contributed by atoms with van der Waals surface area (Å²) < 4.78 is 14.0. The maximum absolute atomic E-state index is 12.7. The second kappa shape index (κ2) is 5.36. The number of hydrogen-bond acceptors (Lipinski definition) is 2. The van der Waals surface area contributed by atoms with E-state index in [1.807, 2.05) is 0 Å². The Kier molecular flexibility index (Phi) is 4.05. The van der Waals surface area contributed by atoms with Crippen LogP contribution in [0.1, 0.15) is 17.2 Å². The van der Waals surface area contributed by atoms with Crippen molar-refractivity contribution in [1.29, 1.82) is 0 Å². The van der Waals surface area contributed by atoms with E-state index in [1.165, 1.54) is 23.5 Å². The van der Waals surface area contributed by atoms with Crippen molar-refractivity contribution in [2.24, 2.45) is 5.73 Å². The SMILES string of the molecule is NC(Cc1ccc(F)cc1)c1cc(Cl)sc1Cl. The molecule has 2 N–H and O–H groups in total. The quantitative estimate of drug-likeness (QED) is 0.888. The summed E-state index contributed by atoms with van der Waals surface area (Å²) in [4.78, 5) is 0. The van der Waals surface area contributed by atoms with Crippen molar-refractivity contribution < 1.29 is 4.39 Å². The molecule has 2 aromatic rings. The van der Waals surface area contributed by atoms with Crippen LogP contribution in [0.4, 0.5) is 4.39 Å². The van der Waals surface area contributed by atoms with Crippen molar-refractivity contribution in [1.82, 2.24) is 0 Å². The van der Waals surface area contributed by atoms with E-state index in [9.17, 15) is 4.39 Å². The van der Waals surface area contributed by atoms with Gasteiger partial charge in [-0.05, 0) is 30.2 Å². The third kappa shape index (κ3) is 3.19. The lowest BCUT2D eigenvalue weighted by Crippen LogP contribution is -2.12. The fraction of sp³-hybridized carbons (Fsp3) is 0.167. The average molecular weight is 290 g/mol. The summed E-state index contributed by atoms with van der Waals surface area (Å²) in [7, 11) is 0. The highest BCUT2D eigenvalue weighted by molar-refractivity contribution is 7.20. The van der Waals surface area contributed by atoms with Gasteiger partial charge in [0.15, 0.2) is 0 Å². The molecule has 90 valence electrons. The molecule has 0 saturated heterocycles. The van der Waals surface area contributed by atoms with E-state index < -0.39 is 0 Å². The van der Waals surface area contributed by atoms with Gasteiger partial charge in [-0.25, -0.2) is 4.39 Å². The highest BCUT2D eigenvalue weighted by atomic mass is 35.5. The minimum Gasteiger partial charge on any atom is -0.324 e. The molecule has 1 aromatic carbocycles. The molecule has 0 saturated carbocycles. The van der Waals surface area contributed by atoms with Crippen LogP contribution >= 0.6 is 34.5 Å². The van der Waals surface area contributed by atoms with Crippen LogP contribution in [0, 0.1) is 5.82 Å². The summed E-state index contributed by atoms with van der Waals surface area (Å²) in [5, 5.41) is 0. The van der Waals surface area contributed by atoms with Gasteiger partial charge in [0, 0.05) is 11.6 Å². The Labute approximate surface area is 113 Å². The molecule has 1 heterocycles. The number of benzene rings is 1. The number of thiophene rings is 1. The van der Waals surface area contributed by atoms with Gasteiger partial charge >= 0.3 is 0 Å². The predicted octanol–water partition coefficient (Wildman–Crippen LogP) is 4.44. The Hall–Kier alpha value is -0.610. The maximum atomic E-state index is 12.7. The molecule has 1 atom stereocenters. The molecule has 2 rings (SSSR count). The monoisotopic (exact) mass is 289 g/mol. The Bertz CT molecular complexity index is 510. The number of nitrogens with two attached hydrogens (primary N) is 1. The third-order valence-corrected chi connectivity index (χ3v) is 3.97. The van der Waals surface area contributed by atoms with Gasteiger partial charge < -0.3 is 5.73 Å². The zero-order valence-corrected chi connectivity index (χ0v) is 11.1. The fourth-order valence-corrected chi connectivity index (χ4v) is 3.19. The average Bonchev–Trinajstić information content (AvgIpc) is 2.61. The fourth-order valence-electron chi connectivity index (χ4n) is 1.59. The van der Waals surface area contributed by atoms with Gasteiger partial charge in [-0.2, -0.15) is 0 Å². The van der Waals surface area contributed by atoms with Crippen LogP contribution in [-0.2, 0) is 6.42 Å². The van der Waals surface area contributed by atoms with Crippen LogP contribution in [0.25, 0.3) is 0 Å². The van der Waals surface area contributed by atoms with Crippen molar-refractivity contribution in [3.8, 4) is 0 Å². The standard InChI is InChI=1S/C12H10Cl2FNS/c13-11-6-9(12(14)17-11)10(16)5-7-1-3-8(15)4-2-7/h1-4,6,10H,5,16H2. The maximum Gasteiger partial charge on any atom is 0.123 e. The molecule has 0 bridgehead atoms. The van der Waals surface area contributed by atoms with Gasteiger partial charge in [0.1, 0.15) is 5.82 Å². The summed E-state index contributed by atoms with van der Waals surface area (Å²) in [5.41, 5.74) is 7.86. The van der Waals surface area contributed by atoms with Crippen LogP contribution in [0.15, 0.2) is 30.3 Å². The molecular formula is C12H10Cl2FNS. The second-order valence-corrected chi connectivity index (χ2v) is 6.00. The van der Waals surface area contributed by atoms with Crippen molar-refractivity contribution >= 4 is 34.5 Å². The molecule has 0 aliphatic carbocycles. The van der Waals surface area contributed by atoms with Crippen molar-refractivity contribution in [3.63, 3.8) is 0 Å². The van der Waals surface area contributed by atoms with E-state index in [4.69, 9.17) is 28.9 Å². The van der Waals surface area contributed by atoms with Crippen LogP contribution in [0.3, 0.4) is 0 Å². The van der Waals surface area contributed by atoms with E-state index in [2.05, 4.69) is 0 Å². The highest BCUT2D eigenvalue weighted by Crippen LogP contribution is 2.35. The zero-order valence-electron chi connectivity index (χ0n) is 8.79. The molecule has 0 radical (unpaired) electrons. The smallest absolute Gasteiger partial charge is 0.123 e. The van der Waals surface area contributed by atoms with Crippen molar-refractivity contribution in [3.05, 3.63) is 55.9 Å². The molecule has 0 spiro atoms. The van der Waals surface area contributed by atoms with Gasteiger partial charge in [-0.1, -0.05) is 35.3 Å². The van der Waals surface area contributed by atoms with Crippen LogP contribution in [-0.4, -0.2) is 0 Å². The van der Waals surface area contributed by atoms with E-state index >= 15 is 0 Å². The zero-order chi connectivity index (χ0) is 12.4. The van der Waals surface area contributed by atoms with E-state index in [-0.39, 0.29) is 11.9 Å². The first-order valence-electron chi connectivity index (χ1n) is 5.01. The summed E-state index contributed by atoms with van der Waals surface area (Å²) in [6, 6.07) is 7.84. The van der Waals surface area contributed by atoms with Crippen LogP contribution in [0.2, 0.25) is 8.67 Å². The summed E-state index contributed by atoms with van der Waals surface area (Å²) in [6.07, 6.45) is 0.604. The molecule has 17 heavy (non-hydrogen) atoms. The molecule has 0 amide bonds. The topological polar surface area (TPSA) is 26.0 Å². The predicted molar refractivity (Wildman–Crippen MR) is 71.4 cm³/mol. The second-order valence-electron chi connectivity index (χ2n) is 3.72. The Balaban J connectivity index is 2.14. The molecule has 0 aliphatic rings. The van der Waals surface area contributed by atoms with Crippen molar-refractivity contribution in [2.75, 3.05) is 0 Å². The Morgan fingerprint density at radius 2 is 1.88 bits per heavy atom.